The van der Waals surface area contributed by atoms with Crippen molar-refractivity contribution >= 4 is 5.97 Å². The summed E-state index contributed by atoms with van der Waals surface area (Å²) in [5.41, 5.74) is 1.76. The zero-order valence-electron chi connectivity index (χ0n) is 9.39. The zero-order valence-corrected chi connectivity index (χ0v) is 11.5. The van der Waals surface area contributed by atoms with E-state index in [1.165, 1.54) is 0 Å². The normalized spacial score (nSPS) is 10.2. The van der Waals surface area contributed by atoms with E-state index < -0.39 is 21.6 Å². The molecule has 2 rings (SSSR count). The van der Waals surface area contributed by atoms with E-state index in [4.69, 9.17) is 3.07 Å². The molecule has 0 aliphatic carbocycles. The molecule has 2 nitrogen and oxygen atoms in total. The fourth-order valence-electron chi connectivity index (χ4n) is 1.28. The van der Waals surface area contributed by atoms with Gasteiger partial charge < -0.3 is 0 Å². The Morgan fingerprint density at radius 1 is 1.00 bits per heavy atom. The molecule has 0 amide bonds. The van der Waals surface area contributed by atoms with Gasteiger partial charge >= 0.3 is 112 Å². The van der Waals surface area contributed by atoms with Crippen molar-refractivity contribution in [3.05, 3.63) is 69.3 Å². The molecule has 0 unspecified atom stereocenters. The quantitative estimate of drug-likeness (QED) is 0.738. The van der Waals surface area contributed by atoms with Crippen LogP contribution >= 0.6 is 0 Å². The van der Waals surface area contributed by atoms with E-state index in [1.807, 2.05) is 49.4 Å². The molecule has 17 heavy (non-hydrogen) atoms. The van der Waals surface area contributed by atoms with Gasteiger partial charge in [-0.1, -0.05) is 0 Å². The van der Waals surface area contributed by atoms with Gasteiger partial charge in [-0.2, -0.15) is 0 Å². The number of carbonyl (C=O) groups excluding carboxylic acids is 1. The third kappa shape index (κ3) is 3.56. The molecule has 0 fully saturated rings. The standard InChI is InChI=1S/C14H12IO2/c1-11-7-9-12(10-8-11)14(16)17-15-13-5-3-2-4-6-13/h2-10H,1H3/q-1. The summed E-state index contributed by atoms with van der Waals surface area (Å²) in [6, 6.07) is 17.2. The Morgan fingerprint density at radius 3 is 2.29 bits per heavy atom. The summed E-state index contributed by atoms with van der Waals surface area (Å²) < 4.78 is 6.43. The van der Waals surface area contributed by atoms with Crippen LogP contribution in [0.15, 0.2) is 54.6 Å². The first-order valence-corrected chi connectivity index (χ1v) is 7.19. The maximum absolute atomic E-state index is 11.7. The predicted molar refractivity (Wildman–Crippen MR) is 61.7 cm³/mol. The third-order valence-corrected chi connectivity index (χ3v) is 4.07. The molecule has 0 spiro atoms. The van der Waals surface area contributed by atoms with Crippen LogP contribution in [0.3, 0.4) is 0 Å². The van der Waals surface area contributed by atoms with Gasteiger partial charge in [0, 0.05) is 0 Å². The van der Waals surface area contributed by atoms with Crippen LogP contribution in [0, 0.1) is 10.5 Å². The molecule has 0 aliphatic heterocycles. The summed E-state index contributed by atoms with van der Waals surface area (Å²) in [6.07, 6.45) is 0. The second kappa shape index (κ2) is 5.82. The van der Waals surface area contributed by atoms with Gasteiger partial charge in [-0.05, 0) is 0 Å². The minimum absolute atomic E-state index is 0.235. The monoisotopic (exact) mass is 339 g/mol. The molecule has 0 saturated carbocycles. The van der Waals surface area contributed by atoms with Crippen LogP contribution in [0.4, 0.5) is 0 Å². The molecular formula is C14H12IO2-. The Morgan fingerprint density at radius 2 is 1.65 bits per heavy atom. The van der Waals surface area contributed by atoms with Crippen molar-refractivity contribution < 1.29 is 29.5 Å². The molecule has 0 aromatic heterocycles. The number of hydrogen-bond acceptors (Lipinski definition) is 2. The first-order chi connectivity index (χ1) is 8.25. The number of halogens is 1. The van der Waals surface area contributed by atoms with Gasteiger partial charge in [-0.25, -0.2) is 0 Å². The van der Waals surface area contributed by atoms with Gasteiger partial charge in [0.1, 0.15) is 0 Å². The SMILES string of the molecule is Cc1ccc(C(=O)O[I-]c2ccccc2)cc1. The molecule has 88 valence electrons. The minimum atomic E-state index is -0.697. The predicted octanol–water partition coefficient (Wildman–Crippen LogP) is 0.0256. The average Bonchev–Trinajstić information content (AvgIpc) is 2.38. The van der Waals surface area contributed by atoms with Crippen molar-refractivity contribution in [1.29, 1.82) is 0 Å². The molecule has 0 aliphatic rings. The van der Waals surface area contributed by atoms with E-state index >= 15 is 0 Å². The van der Waals surface area contributed by atoms with Crippen molar-refractivity contribution in [3.63, 3.8) is 0 Å². The van der Waals surface area contributed by atoms with Crippen molar-refractivity contribution in [2.24, 2.45) is 0 Å². The maximum atomic E-state index is 11.7. The molecule has 0 N–H and O–H groups in total. The number of aryl methyl sites for hydroxylation is 1. The first-order valence-electron chi connectivity index (χ1n) is 5.23. The summed E-state index contributed by atoms with van der Waals surface area (Å²) in [5, 5.41) is 0. The van der Waals surface area contributed by atoms with Crippen LogP contribution in [0.1, 0.15) is 15.9 Å². The second-order valence-electron chi connectivity index (χ2n) is 3.60. The summed E-state index contributed by atoms with van der Waals surface area (Å²) in [6.45, 7) is 1.99. The fraction of sp³-hybridized carbons (Fsp3) is 0.0714. The Balaban J connectivity index is 1.96. The van der Waals surface area contributed by atoms with Crippen molar-refractivity contribution in [3.8, 4) is 0 Å². The first kappa shape index (κ1) is 12.1. The summed E-state index contributed by atoms with van der Waals surface area (Å²) in [7, 11) is 0. The van der Waals surface area contributed by atoms with Gasteiger partial charge in [0.15, 0.2) is 0 Å². The van der Waals surface area contributed by atoms with Gasteiger partial charge in [-0.15, -0.1) is 0 Å². The summed E-state index contributed by atoms with van der Waals surface area (Å²) >= 11 is -0.697. The molecule has 0 heterocycles. The number of hydrogen-bond donors (Lipinski definition) is 0. The topological polar surface area (TPSA) is 26.3 Å². The van der Waals surface area contributed by atoms with Gasteiger partial charge in [0.2, 0.25) is 0 Å². The van der Waals surface area contributed by atoms with E-state index in [-0.39, 0.29) is 5.97 Å². The van der Waals surface area contributed by atoms with E-state index in [1.54, 1.807) is 12.1 Å². The van der Waals surface area contributed by atoms with E-state index in [2.05, 4.69) is 0 Å². The van der Waals surface area contributed by atoms with E-state index in [0.717, 1.165) is 9.13 Å². The number of benzene rings is 2. The molecule has 3 heteroatoms. The molecular weight excluding hydrogens is 327 g/mol. The van der Waals surface area contributed by atoms with E-state index in [0.29, 0.717) is 5.56 Å². The second-order valence-corrected chi connectivity index (χ2v) is 5.73. The molecule has 0 radical (unpaired) electrons. The third-order valence-electron chi connectivity index (χ3n) is 2.22. The van der Waals surface area contributed by atoms with Crippen LogP contribution in [0.2, 0.25) is 0 Å². The number of carbonyl (C=O) groups is 1. The zero-order chi connectivity index (χ0) is 12.1. The van der Waals surface area contributed by atoms with Crippen LogP contribution in [0.25, 0.3) is 0 Å². The molecule has 0 saturated heterocycles. The number of rotatable bonds is 3. The van der Waals surface area contributed by atoms with Gasteiger partial charge in [0.25, 0.3) is 0 Å². The van der Waals surface area contributed by atoms with Crippen LogP contribution in [-0.4, -0.2) is 5.97 Å². The average molecular weight is 339 g/mol. The molecule has 2 aromatic carbocycles. The van der Waals surface area contributed by atoms with E-state index in [9.17, 15) is 4.79 Å². The van der Waals surface area contributed by atoms with Gasteiger partial charge in [0.05, 0.1) is 0 Å². The molecule has 2 aromatic rings. The fourth-order valence-corrected chi connectivity index (χ4v) is 2.70. The van der Waals surface area contributed by atoms with Crippen LogP contribution < -0.4 is 21.6 Å². The van der Waals surface area contributed by atoms with Crippen molar-refractivity contribution in [2.45, 2.75) is 6.92 Å². The van der Waals surface area contributed by atoms with Crippen LogP contribution in [-0.2, 0) is 3.07 Å². The van der Waals surface area contributed by atoms with Crippen LogP contribution in [0.5, 0.6) is 0 Å². The Kier molecular flexibility index (Phi) is 4.14. The summed E-state index contributed by atoms with van der Waals surface area (Å²) in [4.78, 5) is 11.7. The Bertz CT molecular complexity index is 491. The Hall–Kier alpha value is -1.36. The molecule has 0 bridgehead atoms. The van der Waals surface area contributed by atoms with Crippen molar-refractivity contribution in [2.75, 3.05) is 0 Å². The van der Waals surface area contributed by atoms with Gasteiger partial charge in [-0.3, -0.25) is 0 Å². The Labute approximate surface area is 111 Å². The molecule has 0 atom stereocenters. The van der Waals surface area contributed by atoms with Crippen molar-refractivity contribution in [1.82, 2.24) is 0 Å². The summed E-state index contributed by atoms with van der Waals surface area (Å²) in [5.74, 6) is -0.235.